The number of esters is 1. The molecule has 6 aliphatic carbocycles. The van der Waals surface area contributed by atoms with Crippen molar-refractivity contribution in [1.29, 1.82) is 0 Å². The number of hydrogen-bond donors (Lipinski definition) is 0. The molecule has 0 saturated heterocycles. The SMILES string of the molecule is COC(=O)[C@]1(C)CCC[C@]2(C)[C@H]3C[C@H]4C(C(C)C)=C[C@]3(CC[C@@H]21)[C@H]1C(=O)C=CC(=O)[C@H]41. The zero-order valence-electron chi connectivity index (χ0n) is 19.6. The molecule has 1 spiro atoms. The van der Waals surface area contributed by atoms with Crippen molar-refractivity contribution >= 4 is 17.5 Å². The molecule has 0 amide bonds. The molecule has 0 aromatic heterocycles. The van der Waals surface area contributed by atoms with Crippen molar-refractivity contribution in [2.45, 2.75) is 66.2 Å². The summed E-state index contributed by atoms with van der Waals surface area (Å²) in [6.45, 7) is 8.93. The second-order valence-corrected chi connectivity index (χ2v) is 11.8. The lowest BCUT2D eigenvalue weighted by atomic mass is 9.33. The number of allylic oxidation sites excluding steroid dienone is 4. The average Bonchev–Trinajstić information content (AvgIpc) is 2.74. The van der Waals surface area contributed by atoms with E-state index in [9.17, 15) is 14.4 Å². The van der Waals surface area contributed by atoms with Gasteiger partial charge in [-0.15, -0.1) is 0 Å². The van der Waals surface area contributed by atoms with Gasteiger partial charge in [0.25, 0.3) is 0 Å². The van der Waals surface area contributed by atoms with Crippen molar-refractivity contribution in [3.63, 3.8) is 0 Å². The van der Waals surface area contributed by atoms with Gasteiger partial charge in [-0.05, 0) is 80.3 Å². The molecule has 0 heterocycles. The zero-order valence-corrected chi connectivity index (χ0v) is 19.6. The number of carbonyl (C=O) groups is 3. The summed E-state index contributed by atoms with van der Waals surface area (Å²) in [4.78, 5) is 39.3. The number of fused-ring (bicyclic) bond motifs is 1. The Bertz CT molecular complexity index is 912. The summed E-state index contributed by atoms with van der Waals surface area (Å²) in [6.07, 6.45) is 11.3. The Labute approximate surface area is 185 Å². The summed E-state index contributed by atoms with van der Waals surface area (Å²) >= 11 is 0. The second kappa shape index (κ2) is 6.65. The summed E-state index contributed by atoms with van der Waals surface area (Å²) in [5, 5.41) is 0. The van der Waals surface area contributed by atoms with E-state index in [4.69, 9.17) is 4.74 Å². The molecular formula is C27H36O4. The van der Waals surface area contributed by atoms with Gasteiger partial charge in [0.05, 0.1) is 12.5 Å². The van der Waals surface area contributed by atoms with E-state index in [0.29, 0.717) is 11.8 Å². The fourth-order valence-electron chi connectivity index (χ4n) is 9.27. The predicted molar refractivity (Wildman–Crippen MR) is 118 cm³/mol. The average molecular weight is 425 g/mol. The van der Waals surface area contributed by atoms with Crippen LogP contribution < -0.4 is 0 Å². The molecule has 0 unspecified atom stereocenters. The van der Waals surface area contributed by atoms with Gasteiger partial charge in [0.2, 0.25) is 0 Å². The molecule has 0 radical (unpaired) electrons. The highest BCUT2D eigenvalue weighted by Crippen LogP contribution is 2.74. The van der Waals surface area contributed by atoms with Crippen LogP contribution in [0.2, 0.25) is 0 Å². The van der Waals surface area contributed by atoms with Gasteiger partial charge in [-0.2, -0.15) is 0 Å². The minimum Gasteiger partial charge on any atom is -0.469 e. The van der Waals surface area contributed by atoms with Crippen molar-refractivity contribution < 1.29 is 19.1 Å². The topological polar surface area (TPSA) is 60.4 Å². The van der Waals surface area contributed by atoms with E-state index in [2.05, 4.69) is 33.8 Å². The molecule has 0 aliphatic heterocycles. The molecule has 6 rings (SSSR count). The molecule has 2 bridgehead atoms. The molecule has 4 nitrogen and oxygen atoms in total. The minimum atomic E-state index is -0.462. The fraction of sp³-hybridized carbons (Fsp3) is 0.741. The smallest absolute Gasteiger partial charge is 0.311 e. The molecule has 4 heteroatoms. The monoisotopic (exact) mass is 424 g/mol. The maximum absolute atomic E-state index is 13.3. The first kappa shape index (κ1) is 21.2. The Hall–Kier alpha value is -1.71. The number of rotatable bonds is 2. The third kappa shape index (κ3) is 2.51. The van der Waals surface area contributed by atoms with Crippen molar-refractivity contribution in [3.05, 3.63) is 23.8 Å². The molecule has 3 saturated carbocycles. The predicted octanol–water partition coefficient (Wildman–Crippen LogP) is 4.92. The van der Waals surface area contributed by atoms with Crippen LogP contribution >= 0.6 is 0 Å². The van der Waals surface area contributed by atoms with Gasteiger partial charge in [-0.25, -0.2) is 0 Å². The zero-order chi connectivity index (χ0) is 22.3. The minimum absolute atomic E-state index is 0.0217. The Morgan fingerprint density at radius 3 is 2.45 bits per heavy atom. The summed E-state index contributed by atoms with van der Waals surface area (Å²) in [7, 11) is 1.51. The van der Waals surface area contributed by atoms with Crippen LogP contribution in [0.4, 0.5) is 0 Å². The van der Waals surface area contributed by atoms with E-state index < -0.39 is 5.41 Å². The molecular weight excluding hydrogens is 388 g/mol. The Morgan fingerprint density at radius 1 is 1.06 bits per heavy atom. The normalized spacial score (nSPS) is 48.1. The molecule has 3 fully saturated rings. The first-order valence-corrected chi connectivity index (χ1v) is 12.2. The van der Waals surface area contributed by atoms with E-state index >= 15 is 0 Å². The van der Waals surface area contributed by atoms with Gasteiger partial charge in [0.1, 0.15) is 0 Å². The van der Waals surface area contributed by atoms with Crippen LogP contribution in [0.15, 0.2) is 23.8 Å². The Balaban J connectivity index is 1.66. The first-order valence-electron chi connectivity index (χ1n) is 12.2. The summed E-state index contributed by atoms with van der Waals surface area (Å²) in [6, 6.07) is 0. The largest absolute Gasteiger partial charge is 0.469 e. The molecule has 31 heavy (non-hydrogen) atoms. The van der Waals surface area contributed by atoms with E-state index in [-0.39, 0.29) is 52.0 Å². The number of methoxy groups -OCH3 is 1. The highest BCUT2D eigenvalue weighted by atomic mass is 16.5. The van der Waals surface area contributed by atoms with Gasteiger partial charge < -0.3 is 4.74 Å². The van der Waals surface area contributed by atoms with Crippen molar-refractivity contribution in [3.8, 4) is 0 Å². The van der Waals surface area contributed by atoms with Crippen LogP contribution in [0, 0.1) is 51.8 Å². The van der Waals surface area contributed by atoms with Crippen LogP contribution in [0.3, 0.4) is 0 Å². The highest BCUT2D eigenvalue weighted by molar-refractivity contribution is 6.08. The van der Waals surface area contributed by atoms with E-state index in [1.54, 1.807) is 6.08 Å². The molecule has 0 aromatic carbocycles. The van der Waals surface area contributed by atoms with Crippen LogP contribution in [-0.4, -0.2) is 24.6 Å². The number of hydrogen-bond acceptors (Lipinski definition) is 4. The lowest BCUT2D eigenvalue weighted by Gasteiger charge is -2.69. The van der Waals surface area contributed by atoms with Crippen LogP contribution in [0.5, 0.6) is 0 Å². The summed E-state index contributed by atoms with van der Waals surface area (Å²) < 4.78 is 5.29. The van der Waals surface area contributed by atoms with E-state index in [1.807, 2.05) is 0 Å². The third-order valence-electron chi connectivity index (χ3n) is 10.4. The lowest BCUT2D eigenvalue weighted by Crippen LogP contribution is -2.66. The Kier molecular flexibility index (Phi) is 4.54. The van der Waals surface area contributed by atoms with Gasteiger partial charge in [-0.3, -0.25) is 14.4 Å². The maximum atomic E-state index is 13.3. The summed E-state index contributed by atoms with van der Waals surface area (Å²) in [5.74, 6) is 0.932. The number of carbonyl (C=O) groups excluding carboxylic acids is 3. The van der Waals surface area contributed by atoms with Crippen LogP contribution in [-0.2, 0) is 19.1 Å². The Morgan fingerprint density at radius 2 is 1.77 bits per heavy atom. The molecule has 168 valence electrons. The van der Waals surface area contributed by atoms with Gasteiger partial charge in [0.15, 0.2) is 11.6 Å². The lowest BCUT2D eigenvalue weighted by molar-refractivity contribution is -0.199. The van der Waals surface area contributed by atoms with Crippen molar-refractivity contribution in [1.82, 2.24) is 0 Å². The van der Waals surface area contributed by atoms with E-state index in [1.165, 1.54) is 18.8 Å². The highest BCUT2D eigenvalue weighted by Gasteiger charge is 2.70. The number of ketones is 2. The van der Waals surface area contributed by atoms with Crippen LogP contribution in [0.25, 0.3) is 0 Å². The second-order valence-electron chi connectivity index (χ2n) is 11.8. The quantitative estimate of drug-likeness (QED) is 0.466. The third-order valence-corrected chi connectivity index (χ3v) is 10.4. The van der Waals surface area contributed by atoms with E-state index in [0.717, 1.165) is 38.5 Å². The molecule has 0 N–H and O–H groups in total. The molecule has 6 aliphatic rings. The van der Waals surface area contributed by atoms with Gasteiger partial charge in [0, 0.05) is 17.3 Å². The molecule has 0 aromatic rings. The van der Waals surface area contributed by atoms with Crippen molar-refractivity contribution in [2.75, 3.05) is 7.11 Å². The van der Waals surface area contributed by atoms with Crippen molar-refractivity contribution in [2.24, 2.45) is 51.8 Å². The van der Waals surface area contributed by atoms with Gasteiger partial charge >= 0.3 is 5.97 Å². The maximum Gasteiger partial charge on any atom is 0.311 e. The van der Waals surface area contributed by atoms with Gasteiger partial charge in [-0.1, -0.05) is 38.8 Å². The number of ether oxygens (including phenoxy) is 1. The summed E-state index contributed by atoms with van der Waals surface area (Å²) in [5.41, 5.74) is 0.654. The molecule has 8 atom stereocenters. The fourth-order valence-corrected chi connectivity index (χ4v) is 9.27. The van der Waals surface area contributed by atoms with Crippen LogP contribution in [0.1, 0.15) is 66.2 Å². The standard InChI is InChI=1S/C27H36O4/c1-15(2)17-14-27-12-9-20-25(3,10-6-11-26(20,4)24(30)31-5)21(27)13-16(17)22-18(28)7-8-19(29)23(22)27/h7-8,14-16,20-23H,6,9-13H2,1-5H3/t16-,20-,21+,22-,23-,25-,26+,27-/m0/s1. The first-order chi connectivity index (χ1) is 14.6.